The first-order chi connectivity index (χ1) is 17.9. The molecular formula is C24H29F3N4O8. The summed E-state index contributed by atoms with van der Waals surface area (Å²) in [5.74, 6) is -3.22. The summed E-state index contributed by atoms with van der Waals surface area (Å²) in [6.45, 7) is 6.87. The van der Waals surface area contributed by atoms with Gasteiger partial charge in [0, 0.05) is 24.1 Å². The summed E-state index contributed by atoms with van der Waals surface area (Å²) in [4.78, 5) is 48.4. The maximum atomic E-state index is 12.1. The molecule has 39 heavy (non-hydrogen) atoms. The van der Waals surface area contributed by atoms with E-state index in [0.29, 0.717) is 22.5 Å². The molecule has 12 nitrogen and oxygen atoms in total. The van der Waals surface area contributed by atoms with Crippen LogP contribution in [-0.2, 0) is 23.9 Å². The third-order valence-corrected chi connectivity index (χ3v) is 4.21. The zero-order valence-corrected chi connectivity index (χ0v) is 21.8. The molecule has 0 aliphatic heterocycles. The number of benzene rings is 1. The van der Waals surface area contributed by atoms with Crippen LogP contribution in [0.15, 0.2) is 30.1 Å². The average Bonchev–Trinajstić information content (AvgIpc) is 2.79. The van der Waals surface area contributed by atoms with Crippen LogP contribution in [0.2, 0.25) is 0 Å². The number of nitrogens with two attached hydrogens (primary N) is 1. The number of hydrogen-bond donors (Lipinski definition) is 4. The molecule has 1 aromatic heterocycles. The molecule has 2 aromatic rings. The second-order valence-electron chi connectivity index (χ2n) is 8.62. The molecule has 0 unspecified atom stereocenters. The number of rotatable bonds is 7. The van der Waals surface area contributed by atoms with Gasteiger partial charge in [0.15, 0.2) is 0 Å². The molecule has 0 fully saturated rings. The van der Waals surface area contributed by atoms with Crippen molar-refractivity contribution in [3.05, 3.63) is 35.7 Å². The van der Waals surface area contributed by atoms with Gasteiger partial charge >= 0.3 is 24.2 Å². The standard InChI is InChI=1S/C22H28N4O6.C2HF3O2/c1-13(27)26-17(20(28)30-5)11-15-10-14-6-7-24-19(23)16(14)12-18(15)31-9-8-25-21(29)32-22(2,3)4;3-2(4,5)1(6)7/h6-7,10-12H,8-9H2,1-5H3,(H2,23,24)(H,25,29)(H,26,27);(H,6,7). The van der Waals surface area contributed by atoms with Crippen molar-refractivity contribution < 1.29 is 51.7 Å². The molecule has 0 aliphatic rings. The van der Waals surface area contributed by atoms with Gasteiger partial charge in [-0.3, -0.25) is 4.79 Å². The first-order valence-corrected chi connectivity index (χ1v) is 11.1. The highest BCUT2D eigenvalue weighted by molar-refractivity contribution is 6.00. The van der Waals surface area contributed by atoms with E-state index in [9.17, 15) is 27.6 Å². The number of nitrogens with one attached hydrogen (secondary N) is 2. The summed E-state index contributed by atoms with van der Waals surface area (Å²) in [5.41, 5.74) is 5.80. The van der Waals surface area contributed by atoms with Gasteiger partial charge in [-0.2, -0.15) is 13.2 Å². The van der Waals surface area contributed by atoms with Gasteiger partial charge in [0.1, 0.15) is 29.5 Å². The number of carboxylic acid groups (broad SMARTS) is 1. The quantitative estimate of drug-likeness (QED) is 0.224. The average molecular weight is 559 g/mol. The zero-order chi connectivity index (χ0) is 30.0. The lowest BCUT2D eigenvalue weighted by Crippen LogP contribution is -2.34. The largest absolute Gasteiger partial charge is 0.491 e. The second kappa shape index (κ2) is 13.8. The third kappa shape index (κ3) is 11.6. The summed E-state index contributed by atoms with van der Waals surface area (Å²) < 4.78 is 47.5. The summed E-state index contributed by atoms with van der Waals surface area (Å²) in [6.07, 6.45) is -2.64. The van der Waals surface area contributed by atoms with E-state index in [2.05, 4.69) is 15.6 Å². The summed E-state index contributed by atoms with van der Waals surface area (Å²) >= 11 is 0. The van der Waals surface area contributed by atoms with Crippen LogP contribution < -0.4 is 21.1 Å². The molecule has 15 heteroatoms. The van der Waals surface area contributed by atoms with E-state index in [-0.39, 0.29) is 18.8 Å². The lowest BCUT2D eigenvalue weighted by Gasteiger charge is -2.19. The predicted molar refractivity (Wildman–Crippen MR) is 133 cm³/mol. The first kappa shape index (κ1) is 32.5. The molecular weight excluding hydrogens is 529 g/mol. The Hall–Kier alpha value is -4.56. The van der Waals surface area contributed by atoms with Gasteiger partial charge in [-0.1, -0.05) is 0 Å². The van der Waals surface area contributed by atoms with E-state index in [4.69, 9.17) is 29.8 Å². The molecule has 1 aromatic carbocycles. The number of carboxylic acids is 1. The molecule has 0 saturated carbocycles. The number of alkyl halides is 3. The fourth-order valence-electron chi connectivity index (χ4n) is 2.71. The molecule has 5 N–H and O–H groups in total. The maximum absolute atomic E-state index is 12.1. The van der Waals surface area contributed by atoms with Crippen molar-refractivity contribution >= 4 is 46.6 Å². The Labute approximate surface area is 221 Å². The normalized spacial score (nSPS) is 11.5. The number of amides is 2. The molecule has 0 radical (unpaired) electrons. The van der Waals surface area contributed by atoms with Crippen molar-refractivity contribution in [2.45, 2.75) is 39.5 Å². The van der Waals surface area contributed by atoms with Gasteiger partial charge in [0.05, 0.1) is 13.7 Å². The lowest BCUT2D eigenvalue weighted by atomic mass is 10.1. The van der Waals surface area contributed by atoms with E-state index in [0.717, 1.165) is 5.39 Å². The number of anilines is 1. The van der Waals surface area contributed by atoms with Crippen LogP contribution in [0.1, 0.15) is 33.3 Å². The smallest absolute Gasteiger partial charge is 0.490 e. The minimum absolute atomic E-state index is 0.0573. The van der Waals surface area contributed by atoms with Crippen molar-refractivity contribution in [1.29, 1.82) is 0 Å². The van der Waals surface area contributed by atoms with Crippen molar-refractivity contribution in [3.63, 3.8) is 0 Å². The Morgan fingerprint density at radius 1 is 1.15 bits per heavy atom. The molecule has 214 valence electrons. The van der Waals surface area contributed by atoms with E-state index in [1.807, 2.05) is 0 Å². The van der Waals surface area contributed by atoms with Gasteiger partial charge in [0.2, 0.25) is 5.91 Å². The van der Waals surface area contributed by atoms with Crippen LogP contribution in [0, 0.1) is 0 Å². The van der Waals surface area contributed by atoms with E-state index in [1.54, 1.807) is 45.2 Å². The lowest BCUT2D eigenvalue weighted by molar-refractivity contribution is -0.192. The minimum Gasteiger partial charge on any atom is -0.491 e. The Morgan fingerprint density at radius 3 is 2.28 bits per heavy atom. The SMILES string of the molecule is COC(=O)C(=Cc1cc2ccnc(N)c2cc1OCCNC(=O)OC(C)(C)C)NC(C)=O.O=C(O)C(F)(F)F. The van der Waals surface area contributed by atoms with Crippen molar-refractivity contribution in [2.24, 2.45) is 0 Å². The number of alkyl carbamates (subject to hydrolysis) is 1. The summed E-state index contributed by atoms with van der Waals surface area (Å²) in [5, 5.41) is 13.6. The fraction of sp³-hybridized carbons (Fsp3) is 0.375. The van der Waals surface area contributed by atoms with Crippen LogP contribution in [0.3, 0.4) is 0 Å². The van der Waals surface area contributed by atoms with Crippen molar-refractivity contribution in [2.75, 3.05) is 26.0 Å². The Kier molecular flexibility index (Phi) is 11.5. The number of hydrogen-bond acceptors (Lipinski definition) is 9. The summed E-state index contributed by atoms with van der Waals surface area (Å²) in [6, 6.07) is 5.18. The number of aromatic nitrogens is 1. The first-order valence-electron chi connectivity index (χ1n) is 11.1. The number of pyridine rings is 1. The van der Waals surface area contributed by atoms with Crippen molar-refractivity contribution in [3.8, 4) is 5.75 Å². The molecule has 2 rings (SSSR count). The number of esters is 1. The minimum atomic E-state index is -5.08. The zero-order valence-electron chi connectivity index (χ0n) is 21.8. The topological polar surface area (TPSA) is 179 Å². The number of nitrogens with zero attached hydrogens (tertiary/aromatic N) is 1. The van der Waals surface area contributed by atoms with Crippen LogP contribution in [-0.4, -0.2) is 66.1 Å². The van der Waals surface area contributed by atoms with Gasteiger partial charge in [0.25, 0.3) is 0 Å². The molecule has 0 bridgehead atoms. The maximum Gasteiger partial charge on any atom is 0.490 e. The number of halogens is 3. The van der Waals surface area contributed by atoms with E-state index in [1.165, 1.54) is 20.1 Å². The van der Waals surface area contributed by atoms with Gasteiger partial charge in [-0.25, -0.2) is 19.4 Å². The fourth-order valence-corrected chi connectivity index (χ4v) is 2.71. The van der Waals surface area contributed by atoms with E-state index >= 15 is 0 Å². The number of aliphatic carboxylic acids is 1. The number of methoxy groups -OCH3 is 1. The van der Waals surface area contributed by atoms with Crippen LogP contribution >= 0.6 is 0 Å². The highest BCUT2D eigenvalue weighted by Gasteiger charge is 2.38. The Morgan fingerprint density at radius 2 is 1.77 bits per heavy atom. The van der Waals surface area contributed by atoms with Crippen LogP contribution in [0.25, 0.3) is 16.8 Å². The summed E-state index contributed by atoms with van der Waals surface area (Å²) in [7, 11) is 1.21. The number of fused-ring (bicyclic) bond motifs is 1. The van der Waals surface area contributed by atoms with Crippen molar-refractivity contribution in [1.82, 2.24) is 15.6 Å². The Bertz CT molecular complexity index is 1240. The van der Waals surface area contributed by atoms with Gasteiger partial charge in [-0.05, 0) is 50.4 Å². The number of nitrogen functional groups attached to an aromatic ring is 1. The van der Waals surface area contributed by atoms with Gasteiger partial charge in [-0.15, -0.1) is 0 Å². The monoisotopic (exact) mass is 558 g/mol. The third-order valence-electron chi connectivity index (χ3n) is 4.21. The molecule has 0 saturated heterocycles. The predicted octanol–water partition coefficient (Wildman–Crippen LogP) is 3.00. The second-order valence-corrected chi connectivity index (χ2v) is 8.62. The number of carbonyl (C=O) groups excluding carboxylic acids is 3. The molecule has 0 spiro atoms. The number of ether oxygens (including phenoxy) is 3. The molecule has 0 aliphatic carbocycles. The Balaban J connectivity index is 0.000000956. The highest BCUT2D eigenvalue weighted by atomic mass is 19.4. The highest BCUT2D eigenvalue weighted by Crippen LogP contribution is 2.30. The van der Waals surface area contributed by atoms with Crippen LogP contribution in [0.4, 0.5) is 23.8 Å². The molecule has 2 amide bonds. The van der Waals surface area contributed by atoms with Crippen LogP contribution in [0.5, 0.6) is 5.75 Å². The molecule has 1 heterocycles. The van der Waals surface area contributed by atoms with Gasteiger partial charge < -0.3 is 35.7 Å². The number of carbonyl (C=O) groups is 4. The van der Waals surface area contributed by atoms with E-state index < -0.39 is 35.7 Å². The molecule has 0 atom stereocenters.